The van der Waals surface area contributed by atoms with Crippen molar-refractivity contribution in [1.82, 2.24) is 5.32 Å². The molecular weight excluding hydrogens is 462 g/mol. The van der Waals surface area contributed by atoms with Crippen LogP contribution in [0, 0.1) is 0 Å². The molecule has 0 saturated carbocycles. The average molecular weight is 498 g/mol. The molecule has 1 atom stereocenters. The van der Waals surface area contributed by atoms with Gasteiger partial charge in [0.05, 0.1) is 25.4 Å². The van der Waals surface area contributed by atoms with E-state index in [1.165, 1.54) is 7.11 Å². The van der Waals surface area contributed by atoms with Gasteiger partial charge in [-0.15, -0.1) is 0 Å². The molecule has 5 nitrogen and oxygen atoms in total. The first-order chi connectivity index (χ1) is 18.1. The second kappa shape index (κ2) is 15.2. The molecule has 0 fully saturated rings. The number of ether oxygens (including phenoxy) is 3. The van der Waals surface area contributed by atoms with E-state index in [0.717, 1.165) is 28.0 Å². The molecule has 0 aliphatic heterocycles. The zero-order valence-electron chi connectivity index (χ0n) is 21.6. The largest absolute Gasteiger partial charge is 0.489 e. The molecule has 192 valence electrons. The van der Waals surface area contributed by atoms with Crippen molar-refractivity contribution in [2.24, 2.45) is 0 Å². The molecule has 0 saturated heterocycles. The molecule has 3 aromatic rings. The van der Waals surface area contributed by atoms with Crippen LogP contribution in [0.2, 0.25) is 0 Å². The number of carbonyl (C=O) groups is 1. The summed E-state index contributed by atoms with van der Waals surface area (Å²) in [7, 11) is 1.38. The molecule has 0 aliphatic carbocycles. The number of nitrogens with one attached hydrogen (secondary N) is 1. The Labute approximate surface area is 220 Å². The standard InChI is InChI=1S/C32H35NO4/c1-4-6-12-28(5-2)31(22-33-21-25-13-17-29(18-14-25)32(34)35-3)37-24-27-15-19-30(20-16-27)36-23-26-10-8-7-9-11-26/h4-20,31,33H,2,21-24H2,1,3H3/b6-4-,28-12+. The Kier molecular flexibility index (Phi) is 11.4. The first kappa shape index (κ1) is 27.7. The molecular formula is C32H35NO4. The van der Waals surface area contributed by atoms with E-state index < -0.39 is 0 Å². The second-order valence-corrected chi connectivity index (χ2v) is 8.43. The summed E-state index contributed by atoms with van der Waals surface area (Å²) in [4.78, 5) is 11.6. The summed E-state index contributed by atoms with van der Waals surface area (Å²) in [6.45, 7) is 8.19. The highest BCUT2D eigenvalue weighted by atomic mass is 16.5. The first-order valence-electron chi connectivity index (χ1n) is 12.3. The van der Waals surface area contributed by atoms with Gasteiger partial charge in [0.2, 0.25) is 0 Å². The number of rotatable bonds is 14. The number of allylic oxidation sites excluding steroid dienone is 3. The molecule has 37 heavy (non-hydrogen) atoms. The van der Waals surface area contributed by atoms with Gasteiger partial charge in [0.25, 0.3) is 0 Å². The number of hydrogen-bond acceptors (Lipinski definition) is 5. The van der Waals surface area contributed by atoms with E-state index in [4.69, 9.17) is 14.2 Å². The zero-order valence-corrected chi connectivity index (χ0v) is 21.6. The summed E-state index contributed by atoms with van der Waals surface area (Å²) in [6, 6.07) is 25.5. The van der Waals surface area contributed by atoms with Gasteiger partial charge in [0.15, 0.2) is 0 Å². The molecule has 1 N–H and O–H groups in total. The minimum atomic E-state index is -0.339. The van der Waals surface area contributed by atoms with Crippen LogP contribution in [0.4, 0.5) is 0 Å². The van der Waals surface area contributed by atoms with Crippen LogP contribution in [-0.4, -0.2) is 25.7 Å². The van der Waals surface area contributed by atoms with Crippen LogP contribution in [0.5, 0.6) is 5.75 Å². The van der Waals surface area contributed by atoms with E-state index in [0.29, 0.717) is 31.9 Å². The minimum absolute atomic E-state index is 0.183. The predicted octanol–water partition coefficient (Wildman–Crippen LogP) is 6.42. The van der Waals surface area contributed by atoms with Crippen molar-refractivity contribution in [2.45, 2.75) is 32.8 Å². The highest BCUT2D eigenvalue weighted by Crippen LogP contribution is 2.17. The van der Waals surface area contributed by atoms with Gasteiger partial charge in [0.1, 0.15) is 12.4 Å². The van der Waals surface area contributed by atoms with Gasteiger partial charge >= 0.3 is 5.97 Å². The zero-order chi connectivity index (χ0) is 26.3. The van der Waals surface area contributed by atoms with E-state index in [9.17, 15) is 4.79 Å². The third-order valence-electron chi connectivity index (χ3n) is 5.75. The van der Waals surface area contributed by atoms with Crippen LogP contribution in [0.3, 0.4) is 0 Å². The molecule has 0 radical (unpaired) electrons. The van der Waals surface area contributed by atoms with Gasteiger partial charge in [-0.1, -0.05) is 85.5 Å². The lowest BCUT2D eigenvalue weighted by atomic mass is 10.1. The Bertz CT molecular complexity index is 1170. The number of methoxy groups -OCH3 is 1. The number of carbonyl (C=O) groups excluding carboxylic acids is 1. The van der Waals surface area contributed by atoms with Crippen molar-refractivity contribution in [2.75, 3.05) is 13.7 Å². The van der Waals surface area contributed by atoms with Gasteiger partial charge in [-0.2, -0.15) is 0 Å². The fourth-order valence-corrected chi connectivity index (χ4v) is 3.63. The van der Waals surface area contributed by atoms with Crippen molar-refractivity contribution in [1.29, 1.82) is 0 Å². The van der Waals surface area contributed by atoms with Gasteiger partial charge in [-0.05, 0) is 53.5 Å². The maximum Gasteiger partial charge on any atom is 0.337 e. The highest BCUT2D eigenvalue weighted by molar-refractivity contribution is 5.89. The van der Waals surface area contributed by atoms with E-state index in [1.807, 2.05) is 98.0 Å². The van der Waals surface area contributed by atoms with Crippen LogP contribution >= 0.6 is 0 Å². The van der Waals surface area contributed by atoms with E-state index in [2.05, 4.69) is 11.9 Å². The third kappa shape index (κ3) is 9.22. The SMILES string of the molecule is C=C/C(=C\C=C/C)C(CNCc1ccc(C(=O)OC)cc1)OCc1ccc(OCc2ccccc2)cc1. The molecule has 0 aliphatic rings. The Morgan fingerprint density at radius 2 is 1.59 bits per heavy atom. The molecule has 0 bridgehead atoms. The molecule has 0 amide bonds. The number of benzene rings is 3. The van der Waals surface area contributed by atoms with Gasteiger partial charge in [-0.25, -0.2) is 4.79 Å². The Balaban J connectivity index is 1.56. The summed E-state index contributed by atoms with van der Waals surface area (Å²) >= 11 is 0. The van der Waals surface area contributed by atoms with Crippen LogP contribution in [0.1, 0.15) is 34.0 Å². The number of hydrogen-bond donors (Lipinski definition) is 1. The summed E-state index contributed by atoms with van der Waals surface area (Å²) in [5, 5.41) is 3.46. The average Bonchev–Trinajstić information content (AvgIpc) is 2.95. The molecule has 0 heterocycles. The normalized spacial score (nSPS) is 12.3. The highest BCUT2D eigenvalue weighted by Gasteiger charge is 2.13. The van der Waals surface area contributed by atoms with Crippen molar-refractivity contribution in [3.05, 3.63) is 138 Å². The van der Waals surface area contributed by atoms with Gasteiger partial charge < -0.3 is 19.5 Å². The summed E-state index contributed by atoms with van der Waals surface area (Å²) < 4.78 is 17.0. The van der Waals surface area contributed by atoms with Crippen LogP contribution in [0.25, 0.3) is 0 Å². The van der Waals surface area contributed by atoms with Crippen molar-refractivity contribution >= 4 is 5.97 Å². The van der Waals surface area contributed by atoms with Gasteiger partial charge in [-0.3, -0.25) is 0 Å². The molecule has 1 unspecified atom stereocenters. The fraction of sp³-hybridized carbons (Fsp3) is 0.219. The van der Waals surface area contributed by atoms with E-state index in [-0.39, 0.29) is 12.1 Å². The topological polar surface area (TPSA) is 56.8 Å². The monoisotopic (exact) mass is 497 g/mol. The van der Waals surface area contributed by atoms with Crippen LogP contribution in [0.15, 0.2) is 115 Å². The third-order valence-corrected chi connectivity index (χ3v) is 5.75. The molecule has 0 aromatic heterocycles. The quantitative estimate of drug-likeness (QED) is 0.206. The predicted molar refractivity (Wildman–Crippen MR) is 148 cm³/mol. The fourth-order valence-electron chi connectivity index (χ4n) is 3.63. The van der Waals surface area contributed by atoms with E-state index in [1.54, 1.807) is 12.1 Å². The lowest BCUT2D eigenvalue weighted by molar-refractivity contribution is 0.0600. The number of esters is 1. The second-order valence-electron chi connectivity index (χ2n) is 8.43. The maximum atomic E-state index is 11.6. The summed E-state index contributed by atoms with van der Waals surface area (Å²) in [5.74, 6) is 0.484. The van der Waals surface area contributed by atoms with Crippen LogP contribution < -0.4 is 10.1 Å². The summed E-state index contributed by atoms with van der Waals surface area (Å²) in [5.41, 5.74) is 4.79. The Hall–Kier alpha value is -3.93. The molecule has 3 aromatic carbocycles. The van der Waals surface area contributed by atoms with Crippen molar-refractivity contribution < 1.29 is 19.0 Å². The Morgan fingerprint density at radius 1 is 0.919 bits per heavy atom. The van der Waals surface area contributed by atoms with E-state index >= 15 is 0 Å². The van der Waals surface area contributed by atoms with Crippen molar-refractivity contribution in [3.8, 4) is 5.75 Å². The maximum absolute atomic E-state index is 11.6. The molecule has 3 rings (SSSR count). The Morgan fingerprint density at radius 3 is 2.24 bits per heavy atom. The molecule has 0 spiro atoms. The first-order valence-corrected chi connectivity index (χ1v) is 12.3. The lowest BCUT2D eigenvalue weighted by Crippen LogP contribution is -2.30. The van der Waals surface area contributed by atoms with Gasteiger partial charge in [0, 0.05) is 13.1 Å². The lowest BCUT2D eigenvalue weighted by Gasteiger charge is -2.20. The minimum Gasteiger partial charge on any atom is -0.489 e. The van der Waals surface area contributed by atoms with Crippen molar-refractivity contribution in [3.63, 3.8) is 0 Å². The smallest absolute Gasteiger partial charge is 0.337 e. The van der Waals surface area contributed by atoms with Crippen LogP contribution in [-0.2, 0) is 29.2 Å². The summed E-state index contributed by atoms with van der Waals surface area (Å²) in [6.07, 6.45) is 7.63. The molecule has 5 heteroatoms.